The van der Waals surface area contributed by atoms with Gasteiger partial charge in [0.2, 0.25) is 0 Å². The van der Waals surface area contributed by atoms with Crippen molar-refractivity contribution in [1.29, 1.82) is 5.26 Å². The molecule has 0 radical (unpaired) electrons. The summed E-state index contributed by atoms with van der Waals surface area (Å²) in [5, 5.41) is 10.5. The van der Waals surface area contributed by atoms with Crippen LogP contribution in [0.4, 0.5) is 0 Å². The van der Waals surface area contributed by atoms with Crippen molar-refractivity contribution in [1.82, 2.24) is 0 Å². The summed E-state index contributed by atoms with van der Waals surface area (Å²) in [4.78, 5) is 0. The number of nitriles is 1. The molecule has 2 nitrogen and oxygen atoms in total. The van der Waals surface area contributed by atoms with Crippen molar-refractivity contribution in [3.63, 3.8) is 0 Å². The minimum atomic E-state index is -1.95. The van der Waals surface area contributed by atoms with Crippen LogP contribution in [-0.4, -0.2) is 8.32 Å². The van der Waals surface area contributed by atoms with Crippen LogP contribution in [0.2, 0.25) is 24.7 Å². The van der Waals surface area contributed by atoms with Gasteiger partial charge in [-0.2, -0.15) is 5.26 Å². The van der Waals surface area contributed by atoms with Gasteiger partial charge in [-0.05, 0) is 43.4 Å². The molecule has 0 bridgehead atoms. The van der Waals surface area contributed by atoms with Crippen molar-refractivity contribution in [2.24, 2.45) is 0 Å². The average molecular weight is 342 g/mol. The van der Waals surface area contributed by atoms with Gasteiger partial charge in [0.1, 0.15) is 6.07 Å². The molecule has 0 amide bonds. The Morgan fingerprint density at radius 2 is 1.65 bits per heavy atom. The van der Waals surface area contributed by atoms with E-state index in [0.717, 1.165) is 11.1 Å². The Bertz CT molecular complexity index is 714. The molecule has 0 N–H and O–H groups in total. The van der Waals surface area contributed by atoms with E-state index in [4.69, 9.17) is 16.0 Å². The average Bonchev–Trinajstić information content (AvgIpc) is 2.52. The normalized spacial score (nSPS) is 14.4. The molecule has 1 atom stereocenters. The van der Waals surface area contributed by atoms with Crippen molar-refractivity contribution in [3.05, 3.63) is 76.8 Å². The summed E-state index contributed by atoms with van der Waals surface area (Å²) in [6, 6.07) is 19.5. The van der Waals surface area contributed by atoms with Crippen molar-refractivity contribution in [2.45, 2.75) is 25.2 Å². The van der Waals surface area contributed by atoms with E-state index in [-0.39, 0.29) is 0 Å². The van der Waals surface area contributed by atoms with Gasteiger partial charge in [0.05, 0.1) is 0 Å². The molecule has 0 saturated carbocycles. The highest BCUT2D eigenvalue weighted by Gasteiger charge is 2.35. The predicted molar refractivity (Wildman–Crippen MR) is 98.7 cm³/mol. The molecule has 2 rings (SSSR count). The molecule has 0 aliphatic heterocycles. The molecule has 1 unspecified atom stereocenters. The van der Waals surface area contributed by atoms with E-state index >= 15 is 0 Å². The fraction of sp³-hybridized carbons (Fsp3) is 0.211. The van der Waals surface area contributed by atoms with E-state index in [0.29, 0.717) is 5.02 Å². The van der Waals surface area contributed by atoms with Crippen molar-refractivity contribution in [3.8, 4) is 6.07 Å². The zero-order valence-corrected chi connectivity index (χ0v) is 15.3. The van der Waals surface area contributed by atoms with Gasteiger partial charge in [0.15, 0.2) is 13.9 Å². The molecule has 4 heteroatoms. The fourth-order valence-corrected chi connectivity index (χ4v) is 3.60. The fourth-order valence-electron chi connectivity index (χ4n) is 2.27. The summed E-state index contributed by atoms with van der Waals surface area (Å²) in [7, 11) is -1.95. The lowest BCUT2D eigenvalue weighted by Gasteiger charge is -2.31. The van der Waals surface area contributed by atoms with E-state index in [1.807, 2.05) is 54.6 Å². The molecule has 0 fully saturated rings. The topological polar surface area (TPSA) is 33.0 Å². The van der Waals surface area contributed by atoms with Crippen LogP contribution in [0.15, 0.2) is 60.7 Å². The van der Waals surface area contributed by atoms with Gasteiger partial charge in [0.25, 0.3) is 0 Å². The zero-order valence-electron chi connectivity index (χ0n) is 13.6. The largest absolute Gasteiger partial charge is 0.394 e. The maximum absolute atomic E-state index is 9.90. The summed E-state index contributed by atoms with van der Waals surface area (Å²) in [6.07, 6.45) is 3.77. The molecular formula is C19H20ClNOSi. The number of nitrogens with zero attached hydrogens (tertiary/aromatic N) is 1. The first-order valence-electron chi connectivity index (χ1n) is 7.46. The van der Waals surface area contributed by atoms with Gasteiger partial charge in [-0.3, -0.25) is 0 Å². The Morgan fingerprint density at radius 1 is 1.04 bits per heavy atom. The molecular weight excluding hydrogens is 322 g/mol. The SMILES string of the molecule is C[Si](C)(C)OC(C#N)(/C=C/c1ccccc1)c1ccc(Cl)cc1. The highest BCUT2D eigenvalue weighted by molar-refractivity contribution is 6.69. The summed E-state index contributed by atoms with van der Waals surface area (Å²) in [6.45, 7) is 6.22. The van der Waals surface area contributed by atoms with E-state index in [9.17, 15) is 5.26 Å². The summed E-state index contributed by atoms with van der Waals surface area (Å²) < 4.78 is 6.27. The van der Waals surface area contributed by atoms with Crippen LogP contribution < -0.4 is 0 Å². The van der Waals surface area contributed by atoms with Gasteiger partial charge in [-0.15, -0.1) is 0 Å². The molecule has 0 aromatic heterocycles. The van der Waals surface area contributed by atoms with E-state index in [1.165, 1.54) is 0 Å². The smallest absolute Gasteiger partial charge is 0.189 e. The number of halogens is 1. The first kappa shape index (κ1) is 17.5. The first-order valence-corrected chi connectivity index (χ1v) is 11.2. The van der Waals surface area contributed by atoms with Gasteiger partial charge in [0, 0.05) is 10.6 Å². The van der Waals surface area contributed by atoms with E-state index < -0.39 is 13.9 Å². The minimum Gasteiger partial charge on any atom is -0.394 e. The van der Waals surface area contributed by atoms with Crippen LogP contribution >= 0.6 is 11.6 Å². The van der Waals surface area contributed by atoms with Gasteiger partial charge >= 0.3 is 0 Å². The molecule has 0 heterocycles. The lowest BCUT2D eigenvalue weighted by atomic mass is 9.94. The van der Waals surface area contributed by atoms with Crippen molar-refractivity contribution in [2.75, 3.05) is 0 Å². The highest BCUT2D eigenvalue weighted by atomic mass is 35.5. The second-order valence-electron chi connectivity index (χ2n) is 6.31. The predicted octanol–water partition coefficient (Wildman–Crippen LogP) is 5.62. The Balaban J connectivity index is 2.48. The molecule has 118 valence electrons. The number of hydrogen-bond acceptors (Lipinski definition) is 2. The molecule has 2 aromatic carbocycles. The van der Waals surface area contributed by atoms with Crippen LogP contribution in [0.1, 0.15) is 11.1 Å². The van der Waals surface area contributed by atoms with Gasteiger partial charge < -0.3 is 4.43 Å². The first-order chi connectivity index (χ1) is 10.8. The van der Waals surface area contributed by atoms with Crippen molar-refractivity contribution >= 4 is 26.0 Å². The quantitative estimate of drug-likeness (QED) is 0.661. The third-order valence-corrected chi connectivity index (χ3v) is 4.40. The summed E-state index contributed by atoms with van der Waals surface area (Å²) in [5.74, 6) is 0. The van der Waals surface area contributed by atoms with Crippen LogP contribution in [0.25, 0.3) is 6.08 Å². The maximum atomic E-state index is 9.90. The zero-order chi connectivity index (χ0) is 16.9. The Kier molecular flexibility index (Phi) is 5.43. The monoisotopic (exact) mass is 341 g/mol. The van der Waals surface area contributed by atoms with Gasteiger partial charge in [-0.1, -0.05) is 60.1 Å². The van der Waals surface area contributed by atoms with Gasteiger partial charge in [-0.25, -0.2) is 0 Å². The minimum absolute atomic E-state index is 0.639. The Labute approximate surface area is 144 Å². The van der Waals surface area contributed by atoms with Crippen LogP contribution in [0, 0.1) is 11.3 Å². The molecule has 0 spiro atoms. The molecule has 0 aliphatic rings. The second kappa shape index (κ2) is 7.14. The molecule has 23 heavy (non-hydrogen) atoms. The lowest BCUT2D eigenvalue weighted by Crippen LogP contribution is -2.38. The van der Waals surface area contributed by atoms with Crippen LogP contribution in [0.3, 0.4) is 0 Å². The molecule has 0 saturated heterocycles. The standard InChI is InChI=1S/C19H20ClNOSi/c1-23(2,3)22-19(15-21,17-9-11-18(20)12-10-17)14-13-16-7-5-4-6-8-16/h4-14H,1-3H3/b14-13+. The van der Waals surface area contributed by atoms with Crippen LogP contribution in [0.5, 0.6) is 0 Å². The maximum Gasteiger partial charge on any atom is 0.189 e. The molecule has 2 aromatic rings. The number of benzene rings is 2. The Hall–Kier alpha value is -1.86. The number of rotatable bonds is 5. The molecule has 0 aliphatic carbocycles. The highest BCUT2D eigenvalue weighted by Crippen LogP contribution is 2.32. The summed E-state index contributed by atoms with van der Waals surface area (Å²) >= 11 is 5.98. The number of hydrogen-bond donors (Lipinski definition) is 0. The second-order valence-corrected chi connectivity index (χ2v) is 11.2. The lowest BCUT2D eigenvalue weighted by molar-refractivity contribution is 0.173. The Morgan fingerprint density at radius 3 is 2.17 bits per heavy atom. The van der Waals surface area contributed by atoms with E-state index in [1.54, 1.807) is 12.1 Å². The summed E-state index contributed by atoms with van der Waals surface area (Å²) in [5.41, 5.74) is 0.713. The van der Waals surface area contributed by atoms with Crippen molar-refractivity contribution < 1.29 is 4.43 Å². The third-order valence-electron chi connectivity index (χ3n) is 3.22. The van der Waals surface area contributed by atoms with E-state index in [2.05, 4.69) is 25.7 Å². The third kappa shape index (κ3) is 4.80. The van der Waals surface area contributed by atoms with Crippen LogP contribution in [-0.2, 0) is 10.0 Å².